The van der Waals surface area contributed by atoms with Gasteiger partial charge in [0.1, 0.15) is 11.6 Å². The lowest BCUT2D eigenvalue weighted by Crippen LogP contribution is -2.54. The SMILES string of the molecule is CCn1ccc2cc(C(=O)NCCc3cc(F)c(N4CC5CCCC4CN5)cc3F)nnc21. The van der Waals surface area contributed by atoms with Crippen LogP contribution >= 0.6 is 0 Å². The van der Waals surface area contributed by atoms with Crippen molar-refractivity contribution in [3.8, 4) is 0 Å². The number of nitrogens with zero attached hydrogens (tertiary/aromatic N) is 4. The molecule has 5 heterocycles. The number of aryl methyl sites for hydroxylation is 1. The van der Waals surface area contributed by atoms with E-state index in [0.717, 1.165) is 43.4 Å². The van der Waals surface area contributed by atoms with Crippen LogP contribution in [0.2, 0.25) is 0 Å². The van der Waals surface area contributed by atoms with Crippen LogP contribution in [0, 0.1) is 11.6 Å². The molecular formula is C24H28F2N6O. The fourth-order valence-corrected chi connectivity index (χ4v) is 4.95. The number of rotatable bonds is 6. The average Bonchev–Trinajstić information content (AvgIpc) is 2.96. The minimum absolute atomic E-state index is 0.169. The predicted octanol–water partition coefficient (Wildman–Crippen LogP) is 3.03. The summed E-state index contributed by atoms with van der Waals surface area (Å²) in [6, 6.07) is 6.66. The lowest BCUT2D eigenvalue weighted by atomic mass is 10.1. The van der Waals surface area contributed by atoms with E-state index in [1.807, 2.05) is 28.7 Å². The summed E-state index contributed by atoms with van der Waals surface area (Å²) in [7, 11) is 0. The number of hydrogen-bond donors (Lipinski definition) is 2. The first kappa shape index (κ1) is 21.8. The van der Waals surface area contributed by atoms with Crippen LogP contribution in [0.5, 0.6) is 0 Å². The lowest BCUT2D eigenvalue weighted by Gasteiger charge is -2.39. The fourth-order valence-electron chi connectivity index (χ4n) is 4.95. The van der Waals surface area contributed by atoms with Crippen LogP contribution < -0.4 is 15.5 Å². The van der Waals surface area contributed by atoms with Gasteiger partial charge in [0, 0.05) is 55.9 Å². The highest BCUT2D eigenvalue weighted by Crippen LogP contribution is 2.31. The van der Waals surface area contributed by atoms with Crippen LogP contribution in [0.1, 0.15) is 42.2 Å². The van der Waals surface area contributed by atoms with Crippen LogP contribution in [-0.2, 0) is 13.0 Å². The number of amides is 1. The Kier molecular flexibility index (Phi) is 5.97. The Hall–Kier alpha value is -3.07. The highest BCUT2D eigenvalue weighted by molar-refractivity contribution is 5.95. The Bertz CT molecular complexity index is 1180. The van der Waals surface area contributed by atoms with Gasteiger partial charge in [-0.3, -0.25) is 4.79 Å². The van der Waals surface area contributed by atoms with Crippen LogP contribution in [0.4, 0.5) is 14.5 Å². The first-order chi connectivity index (χ1) is 16.0. The van der Waals surface area contributed by atoms with Gasteiger partial charge in [-0.25, -0.2) is 8.78 Å². The summed E-state index contributed by atoms with van der Waals surface area (Å²) >= 11 is 0. The summed E-state index contributed by atoms with van der Waals surface area (Å²) in [5, 5.41) is 15.2. The molecule has 2 bridgehead atoms. The van der Waals surface area contributed by atoms with Gasteiger partial charge in [-0.15, -0.1) is 10.2 Å². The monoisotopic (exact) mass is 454 g/mol. The fraction of sp³-hybridized carbons (Fsp3) is 0.458. The van der Waals surface area contributed by atoms with Crippen molar-refractivity contribution in [2.75, 3.05) is 24.5 Å². The van der Waals surface area contributed by atoms with E-state index in [0.29, 0.717) is 18.3 Å². The van der Waals surface area contributed by atoms with Crippen LogP contribution in [0.3, 0.4) is 0 Å². The zero-order valence-corrected chi connectivity index (χ0v) is 18.7. The molecule has 3 fully saturated rings. The van der Waals surface area contributed by atoms with E-state index in [2.05, 4.69) is 20.8 Å². The normalized spacial score (nSPS) is 20.3. The Morgan fingerprint density at radius 3 is 2.94 bits per heavy atom. The Balaban J connectivity index is 1.24. The molecule has 0 radical (unpaired) electrons. The third kappa shape index (κ3) is 4.29. The van der Waals surface area contributed by atoms with Crippen molar-refractivity contribution in [1.82, 2.24) is 25.4 Å². The number of aromatic nitrogens is 3. The molecule has 9 heteroatoms. The summed E-state index contributed by atoms with van der Waals surface area (Å²) in [5.41, 5.74) is 1.50. The molecule has 2 aromatic heterocycles. The first-order valence-corrected chi connectivity index (χ1v) is 11.6. The number of hydrogen-bond acceptors (Lipinski definition) is 5. The zero-order chi connectivity index (χ0) is 22.9. The maximum Gasteiger partial charge on any atom is 0.271 e. The number of piperazine rings is 1. The quantitative estimate of drug-likeness (QED) is 0.599. The minimum atomic E-state index is -0.448. The molecule has 7 nitrogen and oxygen atoms in total. The van der Waals surface area contributed by atoms with E-state index in [1.165, 1.54) is 12.1 Å². The molecule has 1 aromatic carbocycles. The molecule has 33 heavy (non-hydrogen) atoms. The summed E-state index contributed by atoms with van der Waals surface area (Å²) in [5.74, 6) is -1.25. The smallest absolute Gasteiger partial charge is 0.271 e. The molecule has 0 aliphatic carbocycles. The van der Waals surface area contributed by atoms with E-state index in [1.54, 1.807) is 6.07 Å². The molecule has 3 saturated heterocycles. The maximum atomic E-state index is 15.0. The highest BCUT2D eigenvalue weighted by Gasteiger charge is 2.32. The van der Waals surface area contributed by atoms with Crippen molar-refractivity contribution in [2.24, 2.45) is 0 Å². The molecule has 3 aliphatic heterocycles. The topological polar surface area (TPSA) is 75.1 Å². The van der Waals surface area contributed by atoms with Crippen molar-refractivity contribution in [1.29, 1.82) is 0 Å². The second kappa shape index (κ2) is 9.05. The van der Waals surface area contributed by atoms with Crippen molar-refractivity contribution in [2.45, 2.75) is 51.2 Å². The standard InChI is InChI=1S/C24H28F2N6O/c1-2-31-9-7-16-11-21(29-30-23(16)31)24(33)27-8-6-15-10-20(26)22(12-19(15)25)32-14-17-4-3-5-18(32)13-28-17/h7,9-12,17-18,28H,2-6,8,13-14H2,1H3,(H,27,33). The van der Waals surface area contributed by atoms with E-state index in [4.69, 9.17) is 0 Å². The molecule has 0 saturated carbocycles. The lowest BCUT2D eigenvalue weighted by molar-refractivity contribution is 0.0948. The third-order valence-corrected chi connectivity index (χ3v) is 6.78. The van der Waals surface area contributed by atoms with Gasteiger partial charge in [0.2, 0.25) is 0 Å². The molecule has 2 N–H and O–H groups in total. The maximum absolute atomic E-state index is 15.0. The predicted molar refractivity (Wildman–Crippen MR) is 122 cm³/mol. The molecular weight excluding hydrogens is 426 g/mol. The van der Waals surface area contributed by atoms with E-state index >= 15 is 0 Å². The third-order valence-electron chi connectivity index (χ3n) is 6.78. The van der Waals surface area contributed by atoms with Gasteiger partial charge in [-0.1, -0.05) is 0 Å². The van der Waals surface area contributed by atoms with Gasteiger partial charge in [0.25, 0.3) is 5.91 Å². The van der Waals surface area contributed by atoms with Gasteiger partial charge >= 0.3 is 0 Å². The number of nitrogens with one attached hydrogen (secondary N) is 2. The van der Waals surface area contributed by atoms with Crippen LogP contribution in [0.15, 0.2) is 30.5 Å². The Labute approximate surface area is 191 Å². The largest absolute Gasteiger partial charge is 0.363 e. The highest BCUT2D eigenvalue weighted by atomic mass is 19.1. The molecule has 2 unspecified atom stereocenters. The summed E-state index contributed by atoms with van der Waals surface area (Å²) < 4.78 is 31.7. The Morgan fingerprint density at radius 2 is 2.09 bits per heavy atom. The molecule has 0 spiro atoms. The second-order valence-corrected chi connectivity index (χ2v) is 8.85. The van der Waals surface area contributed by atoms with E-state index in [9.17, 15) is 13.6 Å². The molecule has 1 amide bonds. The number of fused-ring (bicyclic) bond motifs is 5. The number of anilines is 1. The second-order valence-electron chi connectivity index (χ2n) is 8.85. The summed E-state index contributed by atoms with van der Waals surface area (Å²) in [6.45, 7) is 4.44. The van der Waals surface area contributed by atoms with E-state index in [-0.39, 0.29) is 36.2 Å². The summed E-state index contributed by atoms with van der Waals surface area (Å²) in [4.78, 5) is 14.5. The molecule has 6 rings (SSSR count). The molecule has 2 atom stereocenters. The number of benzene rings is 1. The first-order valence-electron chi connectivity index (χ1n) is 11.6. The van der Waals surface area contributed by atoms with Gasteiger partial charge in [0.15, 0.2) is 11.3 Å². The number of carbonyl (C=O) groups is 1. The van der Waals surface area contributed by atoms with Crippen molar-refractivity contribution in [3.63, 3.8) is 0 Å². The minimum Gasteiger partial charge on any atom is -0.363 e. The van der Waals surface area contributed by atoms with Gasteiger partial charge in [0.05, 0.1) is 5.69 Å². The zero-order valence-electron chi connectivity index (χ0n) is 18.7. The van der Waals surface area contributed by atoms with Crippen molar-refractivity contribution >= 4 is 22.6 Å². The number of carbonyl (C=O) groups excluding carboxylic acids is 1. The molecule has 174 valence electrons. The van der Waals surface area contributed by atoms with Crippen LogP contribution in [-0.4, -0.2) is 52.4 Å². The summed E-state index contributed by atoms with van der Waals surface area (Å²) in [6.07, 6.45) is 5.23. The van der Waals surface area contributed by atoms with Crippen LogP contribution in [0.25, 0.3) is 11.0 Å². The van der Waals surface area contributed by atoms with Gasteiger partial charge in [-0.05, 0) is 56.4 Å². The van der Waals surface area contributed by atoms with Crippen molar-refractivity contribution in [3.05, 3.63) is 53.4 Å². The number of halogens is 2. The Morgan fingerprint density at radius 1 is 1.21 bits per heavy atom. The average molecular weight is 455 g/mol. The molecule has 3 aromatic rings. The van der Waals surface area contributed by atoms with Gasteiger partial charge < -0.3 is 20.1 Å². The van der Waals surface area contributed by atoms with E-state index < -0.39 is 11.6 Å². The van der Waals surface area contributed by atoms with Gasteiger partial charge in [-0.2, -0.15) is 0 Å². The molecule has 3 aliphatic rings. The van der Waals surface area contributed by atoms with Crippen molar-refractivity contribution < 1.29 is 13.6 Å².